The van der Waals surface area contributed by atoms with Gasteiger partial charge in [-0.15, -0.1) is 0 Å². The van der Waals surface area contributed by atoms with Crippen LogP contribution >= 0.6 is 0 Å². The minimum atomic E-state index is -1.58. The zero-order valence-electron chi connectivity index (χ0n) is 15.7. The average Bonchev–Trinajstić information content (AvgIpc) is 3.40. The first-order chi connectivity index (χ1) is 13.5. The molecule has 2 fully saturated rings. The maximum atomic E-state index is 14.8. The van der Waals surface area contributed by atoms with E-state index in [4.69, 9.17) is 5.11 Å². The van der Waals surface area contributed by atoms with Crippen molar-refractivity contribution < 1.29 is 19.0 Å². The predicted molar refractivity (Wildman–Crippen MR) is 102 cm³/mol. The molecular weight excluding hydrogens is 367 g/mol. The van der Waals surface area contributed by atoms with Crippen LogP contribution in [0.3, 0.4) is 0 Å². The summed E-state index contributed by atoms with van der Waals surface area (Å²) in [4.78, 5) is 29.9. The molecule has 4 rings (SSSR count). The summed E-state index contributed by atoms with van der Waals surface area (Å²) in [5.41, 5.74) is -0.296. The Bertz CT molecular complexity index is 973. The first-order valence-corrected chi connectivity index (χ1v) is 9.59. The van der Waals surface area contributed by atoms with E-state index >= 15 is 0 Å². The number of carboxylic acid groups (broad SMARTS) is 1. The number of carbonyl (C=O) groups is 1. The molecule has 1 atom stereocenters. The molecule has 0 bridgehead atoms. The minimum Gasteiger partial charge on any atom is -0.449 e. The quantitative estimate of drug-likeness (QED) is 0.731. The molecule has 0 radical (unpaired) electrons. The predicted octanol–water partition coefficient (Wildman–Crippen LogP) is 2.36. The van der Waals surface area contributed by atoms with E-state index in [2.05, 4.69) is 22.0 Å². The van der Waals surface area contributed by atoms with Gasteiger partial charge < -0.3 is 24.6 Å². The third-order valence-electron chi connectivity index (χ3n) is 5.31. The fourth-order valence-electron chi connectivity index (χ4n) is 3.77. The molecule has 0 spiro atoms. The standard InChI is InChI=1S/C19H23FN4O4/c1-2-21-8-11-5-6-23(9-11)18-14(20)7-13-16(25)15(28-19(26)27)10-24(12-3-4-12)17(13)22-18/h7,10-12,21H,2-6,8-9H2,1H3,(H,26,27). The maximum Gasteiger partial charge on any atom is 0.511 e. The van der Waals surface area contributed by atoms with Crippen molar-refractivity contribution in [3.63, 3.8) is 0 Å². The van der Waals surface area contributed by atoms with E-state index < -0.39 is 17.4 Å². The van der Waals surface area contributed by atoms with Gasteiger partial charge in [0.25, 0.3) is 0 Å². The van der Waals surface area contributed by atoms with E-state index in [0.29, 0.717) is 24.7 Å². The normalized spacial score (nSPS) is 19.4. The summed E-state index contributed by atoms with van der Waals surface area (Å²) >= 11 is 0. The second-order valence-corrected chi connectivity index (χ2v) is 7.40. The van der Waals surface area contributed by atoms with Crippen molar-refractivity contribution in [2.24, 2.45) is 5.92 Å². The van der Waals surface area contributed by atoms with Crippen LogP contribution in [0.25, 0.3) is 11.0 Å². The van der Waals surface area contributed by atoms with Crippen molar-refractivity contribution in [1.82, 2.24) is 14.9 Å². The summed E-state index contributed by atoms with van der Waals surface area (Å²) in [5, 5.41) is 12.2. The van der Waals surface area contributed by atoms with Gasteiger partial charge in [-0.2, -0.15) is 0 Å². The minimum absolute atomic E-state index is 0.0373. The second-order valence-electron chi connectivity index (χ2n) is 7.40. The van der Waals surface area contributed by atoms with Gasteiger partial charge in [0.2, 0.25) is 5.43 Å². The fraction of sp³-hybridized carbons (Fsp3) is 0.526. The van der Waals surface area contributed by atoms with E-state index in [1.54, 1.807) is 4.57 Å². The van der Waals surface area contributed by atoms with E-state index in [1.807, 2.05) is 4.90 Å². The average molecular weight is 390 g/mol. The van der Waals surface area contributed by atoms with Crippen LogP contribution in [0, 0.1) is 11.7 Å². The molecule has 1 saturated heterocycles. The Morgan fingerprint density at radius 3 is 2.89 bits per heavy atom. The summed E-state index contributed by atoms with van der Waals surface area (Å²) in [5.74, 6) is -0.239. The number of aromatic nitrogens is 2. The third-order valence-corrected chi connectivity index (χ3v) is 5.31. The lowest BCUT2D eigenvalue weighted by Crippen LogP contribution is -2.27. The molecule has 150 valence electrons. The van der Waals surface area contributed by atoms with Gasteiger partial charge in [0.15, 0.2) is 17.4 Å². The number of nitrogens with zero attached hydrogens (tertiary/aromatic N) is 3. The molecule has 1 aliphatic heterocycles. The van der Waals surface area contributed by atoms with Crippen LogP contribution in [-0.4, -0.2) is 47.0 Å². The first kappa shape index (κ1) is 18.7. The lowest BCUT2D eigenvalue weighted by atomic mass is 10.1. The lowest BCUT2D eigenvalue weighted by molar-refractivity contribution is 0.143. The van der Waals surface area contributed by atoms with Gasteiger partial charge in [-0.25, -0.2) is 14.2 Å². The molecule has 1 aliphatic carbocycles. The topological polar surface area (TPSA) is 96.7 Å². The highest BCUT2D eigenvalue weighted by molar-refractivity contribution is 5.80. The van der Waals surface area contributed by atoms with Crippen molar-refractivity contribution in [1.29, 1.82) is 0 Å². The zero-order valence-corrected chi connectivity index (χ0v) is 15.7. The third kappa shape index (κ3) is 3.54. The highest BCUT2D eigenvalue weighted by Crippen LogP contribution is 2.38. The number of fused-ring (bicyclic) bond motifs is 1. The molecule has 1 saturated carbocycles. The number of hydrogen-bond acceptors (Lipinski definition) is 6. The number of pyridine rings is 2. The van der Waals surface area contributed by atoms with Gasteiger partial charge >= 0.3 is 6.16 Å². The number of rotatable bonds is 6. The van der Waals surface area contributed by atoms with E-state index in [9.17, 15) is 14.0 Å². The molecule has 0 amide bonds. The SMILES string of the molecule is CCNCC1CCN(c2nc3c(cc2F)c(=O)c(OC(=O)O)cn3C2CC2)C1. The van der Waals surface area contributed by atoms with Gasteiger partial charge in [0.1, 0.15) is 5.65 Å². The number of nitrogens with one attached hydrogen (secondary N) is 1. The van der Waals surface area contributed by atoms with E-state index in [1.165, 1.54) is 6.20 Å². The maximum absolute atomic E-state index is 14.8. The van der Waals surface area contributed by atoms with Crippen LogP contribution in [0.1, 0.15) is 32.2 Å². The van der Waals surface area contributed by atoms with Crippen LogP contribution < -0.4 is 20.4 Å². The Balaban J connectivity index is 1.75. The smallest absolute Gasteiger partial charge is 0.449 e. The van der Waals surface area contributed by atoms with Crippen molar-refractivity contribution >= 4 is 23.0 Å². The van der Waals surface area contributed by atoms with Gasteiger partial charge in [-0.1, -0.05) is 6.92 Å². The Kier molecular flexibility index (Phi) is 4.92. The van der Waals surface area contributed by atoms with Gasteiger partial charge in [-0.3, -0.25) is 4.79 Å². The molecule has 2 N–H and O–H groups in total. The van der Waals surface area contributed by atoms with Crippen LogP contribution in [-0.2, 0) is 0 Å². The molecule has 28 heavy (non-hydrogen) atoms. The molecule has 0 aromatic carbocycles. The van der Waals surface area contributed by atoms with Crippen molar-refractivity contribution in [3.05, 3.63) is 28.3 Å². The molecule has 1 unspecified atom stereocenters. The summed E-state index contributed by atoms with van der Waals surface area (Å²) in [7, 11) is 0. The monoisotopic (exact) mass is 390 g/mol. The Hall–Kier alpha value is -2.68. The molecule has 3 heterocycles. The molecular formula is C19H23FN4O4. The van der Waals surface area contributed by atoms with Crippen LogP contribution in [0.15, 0.2) is 17.1 Å². The Morgan fingerprint density at radius 2 is 2.21 bits per heavy atom. The number of halogens is 1. The van der Waals surface area contributed by atoms with Gasteiger partial charge in [0.05, 0.1) is 11.6 Å². The van der Waals surface area contributed by atoms with Crippen molar-refractivity contribution in [2.75, 3.05) is 31.1 Å². The summed E-state index contributed by atoms with van der Waals surface area (Å²) in [6.07, 6.45) is 2.55. The summed E-state index contributed by atoms with van der Waals surface area (Å²) in [6.45, 7) is 5.24. The Morgan fingerprint density at radius 1 is 1.43 bits per heavy atom. The van der Waals surface area contributed by atoms with Crippen molar-refractivity contribution in [3.8, 4) is 5.75 Å². The largest absolute Gasteiger partial charge is 0.511 e. The molecule has 2 aromatic heterocycles. The van der Waals surface area contributed by atoms with Gasteiger partial charge in [0, 0.05) is 19.1 Å². The molecule has 2 aromatic rings. The fourth-order valence-corrected chi connectivity index (χ4v) is 3.77. The van der Waals surface area contributed by atoms with Crippen LogP contribution in [0.2, 0.25) is 0 Å². The van der Waals surface area contributed by atoms with Gasteiger partial charge in [-0.05, 0) is 44.3 Å². The Labute approximate surface area is 160 Å². The van der Waals surface area contributed by atoms with E-state index in [0.717, 1.165) is 38.4 Å². The van der Waals surface area contributed by atoms with Crippen molar-refractivity contribution in [2.45, 2.75) is 32.2 Å². The highest BCUT2D eigenvalue weighted by atomic mass is 19.1. The number of hydrogen-bond donors (Lipinski definition) is 2. The molecule has 8 nitrogen and oxygen atoms in total. The lowest BCUT2D eigenvalue weighted by Gasteiger charge is -2.20. The number of ether oxygens (including phenoxy) is 1. The second kappa shape index (κ2) is 7.38. The zero-order chi connectivity index (χ0) is 19.8. The highest BCUT2D eigenvalue weighted by Gasteiger charge is 2.30. The van der Waals surface area contributed by atoms with Crippen LogP contribution in [0.4, 0.5) is 15.0 Å². The summed E-state index contributed by atoms with van der Waals surface area (Å²) < 4.78 is 21.2. The molecule has 2 aliphatic rings. The number of anilines is 1. The first-order valence-electron chi connectivity index (χ1n) is 9.59. The van der Waals surface area contributed by atoms with E-state index in [-0.39, 0.29) is 23.0 Å². The molecule has 9 heteroatoms. The van der Waals surface area contributed by atoms with Crippen LogP contribution in [0.5, 0.6) is 5.75 Å². The summed E-state index contributed by atoms with van der Waals surface area (Å²) in [6, 6.07) is 1.27.